The monoisotopic (exact) mass is 514 g/mol. The fourth-order valence-corrected chi connectivity index (χ4v) is 4.53. The molecule has 0 atom stereocenters. The molecule has 3 N–H and O–H groups in total. The van der Waals surface area contributed by atoms with E-state index in [0.29, 0.717) is 50.5 Å². The molecular weight excluding hydrogens is 495 g/mol. The molecule has 0 amide bonds. The number of hydrogen-bond acceptors (Lipinski definition) is 7. The first-order chi connectivity index (χ1) is 17.8. The molecule has 0 saturated heterocycles. The standard InChI is InChI=1S/C25H19FN8O2S/c1-37(35,36)29-11-14-8-15(10-16(26)9-14)17-12-27-13-21-22(17)32-25(31-21)24-23-20(33-34-24)6-5-19(30-23)18-4-2-3-7-28-18/h2-10,12-13,29H,11H2,1H3,(H,31,32)(H,33,34). The van der Waals surface area contributed by atoms with E-state index in [4.69, 9.17) is 9.97 Å². The average Bonchev–Trinajstić information content (AvgIpc) is 3.51. The van der Waals surface area contributed by atoms with Gasteiger partial charge in [0.05, 0.1) is 40.4 Å². The highest BCUT2D eigenvalue weighted by atomic mass is 32.2. The molecule has 12 heteroatoms. The highest BCUT2D eigenvalue weighted by molar-refractivity contribution is 7.88. The topological polar surface area (TPSA) is 142 Å². The van der Waals surface area contributed by atoms with Crippen molar-refractivity contribution in [3.05, 3.63) is 78.5 Å². The molecule has 0 saturated carbocycles. The molecular formula is C25H19FN8O2S. The van der Waals surface area contributed by atoms with Gasteiger partial charge in [0, 0.05) is 24.5 Å². The number of benzene rings is 1. The lowest BCUT2D eigenvalue weighted by Gasteiger charge is -2.07. The zero-order valence-corrected chi connectivity index (χ0v) is 20.2. The van der Waals surface area contributed by atoms with Crippen molar-refractivity contribution in [2.45, 2.75) is 6.54 Å². The molecule has 1 aromatic carbocycles. The lowest BCUT2D eigenvalue weighted by atomic mass is 10.0. The third-order valence-electron chi connectivity index (χ3n) is 5.76. The summed E-state index contributed by atoms with van der Waals surface area (Å²) in [6, 6.07) is 13.7. The van der Waals surface area contributed by atoms with Crippen molar-refractivity contribution in [2.75, 3.05) is 6.26 Å². The number of pyridine rings is 3. The first-order valence-electron chi connectivity index (χ1n) is 11.2. The van der Waals surface area contributed by atoms with E-state index in [0.717, 1.165) is 17.5 Å². The van der Waals surface area contributed by atoms with Crippen LogP contribution in [0, 0.1) is 5.82 Å². The highest BCUT2D eigenvalue weighted by Crippen LogP contribution is 2.32. The zero-order valence-electron chi connectivity index (χ0n) is 19.4. The van der Waals surface area contributed by atoms with Gasteiger partial charge in [-0.3, -0.25) is 15.1 Å². The molecule has 0 aliphatic rings. The van der Waals surface area contributed by atoms with Gasteiger partial charge in [-0.05, 0) is 53.6 Å². The zero-order chi connectivity index (χ0) is 25.6. The van der Waals surface area contributed by atoms with E-state index in [1.165, 1.54) is 12.1 Å². The maximum Gasteiger partial charge on any atom is 0.209 e. The quantitative estimate of drug-likeness (QED) is 0.307. The van der Waals surface area contributed by atoms with Crippen molar-refractivity contribution in [3.8, 4) is 34.0 Å². The van der Waals surface area contributed by atoms with Crippen molar-refractivity contribution in [1.29, 1.82) is 0 Å². The van der Waals surface area contributed by atoms with Gasteiger partial charge in [0.15, 0.2) is 11.5 Å². The van der Waals surface area contributed by atoms with Crippen LogP contribution in [0.4, 0.5) is 4.39 Å². The third kappa shape index (κ3) is 4.55. The van der Waals surface area contributed by atoms with Crippen LogP contribution in [-0.4, -0.2) is 49.8 Å². The van der Waals surface area contributed by atoms with Crippen LogP contribution < -0.4 is 4.72 Å². The van der Waals surface area contributed by atoms with Crippen LogP contribution in [0.5, 0.6) is 0 Å². The average molecular weight is 515 g/mol. The largest absolute Gasteiger partial charge is 0.335 e. The number of rotatable bonds is 6. The molecule has 0 aliphatic heterocycles. The molecule has 0 spiro atoms. The predicted octanol–water partition coefficient (Wildman–Crippen LogP) is 3.81. The summed E-state index contributed by atoms with van der Waals surface area (Å²) in [5.41, 5.74) is 6.08. The summed E-state index contributed by atoms with van der Waals surface area (Å²) in [6.07, 6.45) is 5.98. The van der Waals surface area contributed by atoms with Crippen LogP contribution in [0.15, 0.2) is 67.1 Å². The Morgan fingerprint density at radius 2 is 1.86 bits per heavy atom. The molecule has 6 aromatic rings. The van der Waals surface area contributed by atoms with Crippen molar-refractivity contribution in [3.63, 3.8) is 0 Å². The van der Waals surface area contributed by atoms with Crippen LogP contribution >= 0.6 is 0 Å². The number of nitrogens with zero attached hydrogens (tertiary/aromatic N) is 5. The minimum Gasteiger partial charge on any atom is -0.335 e. The van der Waals surface area contributed by atoms with Crippen molar-refractivity contribution < 1.29 is 12.8 Å². The van der Waals surface area contributed by atoms with E-state index in [9.17, 15) is 12.8 Å². The molecule has 0 bridgehead atoms. The number of H-pyrrole nitrogens is 2. The molecule has 0 unspecified atom stereocenters. The molecule has 0 aliphatic carbocycles. The van der Waals surface area contributed by atoms with E-state index in [1.54, 1.807) is 24.7 Å². The molecule has 37 heavy (non-hydrogen) atoms. The summed E-state index contributed by atoms with van der Waals surface area (Å²) in [5.74, 6) is -0.0309. The van der Waals surface area contributed by atoms with Crippen molar-refractivity contribution >= 4 is 32.1 Å². The lowest BCUT2D eigenvalue weighted by molar-refractivity contribution is 0.586. The number of imidazole rings is 1. The van der Waals surface area contributed by atoms with Gasteiger partial charge in [-0.25, -0.2) is 27.5 Å². The van der Waals surface area contributed by atoms with E-state index in [1.807, 2.05) is 30.3 Å². The van der Waals surface area contributed by atoms with Crippen LogP contribution in [0.2, 0.25) is 0 Å². The number of hydrogen-bond donors (Lipinski definition) is 3. The van der Waals surface area contributed by atoms with Gasteiger partial charge in [0.1, 0.15) is 11.3 Å². The second kappa shape index (κ2) is 8.84. The Bertz CT molecular complexity index is 1880. The minimum absolute atomic E-state index is 0.0393. The van der Waals surface area contributed by atoms with Crippen LogP contribution in [0.3, 0.4) is 0 Å². The summed E-state index contributed by atoms with van der Waals surface area (Å²) < 4.78 is 39.8. The Morgan fingerprint density at radius 1 is 0.973 bits per heavy atom. The number of sulfonamides is 1. The number of fused-ring (bicyclic) bond motifs is 2. The smallest absolute Gasteiger partial charge is 0.209 e. The summed E-state index contributed by atoms with van der Waals surface area (Å²) >= 11 is 0. The summed E-state index contributed by atoms with van der Waals surface area (Å²) in [4.78, 5) is 21.4. The number of halogens is 1. The van der Waals surface area contributed by atoms with Crippen LogP contribution in [0.25, 0.3) is 56.1 Å². The van der Waals surface area contributed by atoms with Gasteiger partial charge in [-0.1, -0.05) is 6.07 Å². The summed E-state index contributed by atoms with van der Waals surface area (Å²) in [7, 11) is -3.43. The van der Waals surface area contributed by atoms with Crippen molar-refractivity contribution in [2.24, 2.45) is 0 Å². The second-order valence-electron chi connectivity index (χ2n) is 8.49. The van der Waals surface area contributed by atoms with E-state index in [-0.39, 0.29) is 6.54 Å². The van der Waals surface area contributed by atoms with Gasteiger partial charge < -0.3 is 4.98 Å². The molecule has 184 valence electrons. The molecule has 5 heterocycles. The first-order valence-corrected chi connectivity index (χ1v) is 13.1. The van der Waals surface area contributed by atoms with Gasteiger partial charge in [-0.15, -0.1) is 0 Å². The SMILES string of the molecule is CS(=O)(=O)NCc1cc(F)cc(-c2cncc3[nH]c(-c4n[nH]c5ccc(-c6ccccn6)nc45)nc23)c1. The predicted molar refractivity (Wildman–Crippen MR) is 137 cm³/mol. The van der Waals surface area contributed by atoms with E-state index < -0.39 is 15.8 Å². The Kier molecular flexibility index (Phi) is 5.46. The molecule has 6 rings (SSSR count). The Hall–Kier alpha value is -4.55. The molecule has 10 nitrogen and oxygen atoms in total. The summed E-state index contributed by atoms with van der Waals surface area (Å²) in [6.45, 7) is -0.0393. The van der Waals surface area contributed by atoms with Crippen molar-refractivity contribution in [1.82, 2.24) is 39.8 Å². The molecule has 5 aromatic heterocycles. The fourth-order valence-electron chi connectivity index (χ4n) is 4.10. The number of aromatic nitrogens is 7. The third-order valence-corrected chi connectivity index (χ3v) is 6.43. The highest BCUT2D eigenvalue weighted by Gasteiger charge is 2.18. The Labute approximate surface area is 210 Å². The van der Waals surface area contributed by atoms with Gasteiger partial charge in [0.2, 0.25) is 10.0 Å². The minimum atomic E-state index is -3.43. The fraction of sp³-hybridized carbons (Fsp3) is 0.0800. The van der Waals surface area contributed by atoms with E-state index in [2.05, 4.69) is 29.9 Å². The van der Waals surface area contributed by atoms with E-state index >= 15 is 0 Å². The van der Waals surface area contributed by atoms with Gasteiger partial charge >= 0.3 is 0 Å². The Morgan fingerprint density at radius 3 is 2.68 bits per heavy atom. The van der Waals surface area contributed by atoms with Crippen LogP contribution in [-0.2, 0) is 16.6 Å². The lowest BCUT2D eigenvalue weighted by Crippen LogP contribution is -2.21. The first kappa shape index (κ1) is 22.9. The number of nitrogens with one attached hydrogen (secondary N) is 3. The normalized spacial score (nSPS) is 11.9. The molecule has 0 radical (unpaired) electrons. The number of aromatic amines is 2. The maximum atomic E-state index is 14.5. The van der Waals surface area contributed by atoms with Gasteiger partial charge in [0.25, 0.3) is 0 Å². The van der Waals surface area contributed by atoms with Gasteiger partial charge in [-0.2, -0.15) is 5.10 Å². The second-order valence-corrected chi connectivity index (χ2v) is 10.3. The Balaban J connectivity index is 1.44. The summed E-state index contributed by atoms with van der Waals surface area (Å²) in [5, 5.41) is 7.41. The van der Waals surface area contributed by atoms with Crippen LogP contribution in [0.1, 0.15) is 5.56 Å². The molecule has 0 fully saturated rings. The maximum absolute atomic E-state index is 14.5.